The van der Waals surface area contributed by atoms with Crippen molar-refractivity contribution in [3.63, 3.8) is 0 Å². The lowest BCUT2D eigenvalue weighted by atomic mass is 10.0. The number of carbonyl (C=O) groups excluding carboxylic acids is 3. The fourth-order valence-corrected chi connectivity index (χ4v) is 8.54. The van der Waals surface area contributed by atoms with E-state index in [0.717, 1.165) is 38.5 Å². The van der Waals surface area contributed by atoms with E-state index in [0.29, 0.717) is 12.8 Å². The largest absolute Gasteiger partial charge is 0.544 e. The maximum absolute atomic E-state index is 12.8. The van der Waals surface area contributed by atoms with Crippen LogP contribution in [-0.4, -0.2) is 75.5 Å². The fraction of sp³-hybridized carbons (Fsp3) is 0.877. The third-order valence-corrected chi connectivity index (χ3v) is 12.9. The number of carboxylic acids is 1. The molecule has 382 valence electrons. The van der Waals surface area contributed by atoms with Crippen molar-refractivity contribution < 1.29 is 38.2 Å². The van der Waals surface area contributed by atoms with Gasteiger partial charge < -0.3 is 28.6 Å². The number of aliphatic carboxylic acids is 1. The van der Waals surface area contributed by atoms with E-state index in [9.17, 15) is 19.5 Å². The fourth-order valence-electron chi connectivity index (χ4n) is 8.54. The Morgan fingerprint density at radius 3 is 1.18 bits per heavy atom. The topological polar surface area (TPSA) is 102 Å². The van der Waals surface area contributed by atoms with Gasteiger partial charge in [-0.05, 0) is 38.5 Å². The summed E-state index contributed by atoms with van der Waals surface area (Å²) < 4.78 is 17.3. The number of esters is 2. The van der Waals surface area contributed by atoms with Crippen LogP contribution >= 0.6 is 0 Å². The molecule has 2 unspecified atom stereocenters. The van der Waals surface area contributed by atoms with Crippen molar-refractivity contribution in [3.05, 3.63) is 24.3 Å². The van der Waals surface area contributed by atoms with Gasteiger partial charge in [0, 0.05) is 19.3 Å². The molecule has 0 fully saturated rings. The van der Waals surface area contributed by atoms with Crippen molar-refractivity contribution in [3.8, 4) is 0 Å². The second kappa shape index (κ2) is 48.3. The van der Waals surface area contributed by atoms with Gasteiger partial charge in [0.15, 0.2) is 6.10 Å². The minimum atomic E-state index is -1.12. The number of hydrogen-bond acceptors (Lipinski definition) is 7. The molecule has 65 heavy (non-hydrogen) atoms. The summed E-state index contributed by atoms with van der Waals surface area (Å²) in [5.74, 6) is -1.72. The van der Waals surface area contributed by atoms with Gasteiger partial charge in [-0.3, -0.25) is 9.59 Å². The van der Waals surface area contributed by atoms with Crippen LogP contribution in [0.15, 0.2) is 24.3 Å². The molecule has 0 spiro atoms. The number of rotatable bonds is 51. The van der Waals surface area contributed by atoms with Gasteiger partial charge in [0.05, 0.1) is 40.3 Å². The summed E-state index contributed by atoms with van der Waals surface area (Å²) in [4.78, 5) is 37.1. The maximum Gasteiger partial charge on any atom is 0.306 e. The molecule has 0 aromatic heterocycles. The second-order valence-electron chi connectivity index (χ2n) is 20.2. The molecule has 0 rings (SSSR count). The first-order valence-corrected chi connectivity index (χ1v) is 27.9. The van der Waals surface area contributed by atoms with Crippen LogP contribution in [0.2, 0.25) is 0 Å². The van der Waals surface area contributed by atoms with Crippen LogP contribution in [0.25, 0.3) is 0 Å². The first kappa shape index (κ1) is 62.8. The molecule has 0 aliphatic carbocycles. The highest BCUT2D eigenvalue weighted by Crippen LogP contribution is 2.17. The molecule has 8 nitrogen and oxygen atoms in total. The average Bonchev–Trinajstić information content (AvgIpc) is 3.27. The van der Waals surface area contributed by atoms with Crippen LogP contribution in [0, 0.1) is 0 Å². The standard InChI is InChI=1S/C57H107NO7/c1-6-8-10-12-14-16-18-20-22-24-26-27-28-30-32-34-36-38-40-42-44-46-48-56(60)65-53(51-63-50-49-54(57(61)62)58(3,4)5)52-64-55(59)47-45-43-41-39-37-35-33-31-29-25-23-21-19-17-15-13-11-9-7-2/h15,17,19,21,53-54H,6-14,16,18,20,22-52H2,1-5H3/b17-15+,21-19+. The Labute approximate surface area is 402 Å². The highest BCUT2D eigenvalue weighted by molar-refractivity contribution is 5.70. The van der Waals surface area contributed by atoms with E-state index >= 15 is 0 Å². The highest BCUT2D eigenvalue weighted by atomic mass is 16.6. The van der Waals surface area contributed by atoms with Gasteiger partial charge in [-0.15, -0.1) is 0 Å². The summed E-state index contributed by atoms with van der Waals surface area (Å²) in [7, 11) is 5.43. The van der Waals surface area contributed by atoms with E-state index in [4.69, 9.17) is 14.2 Å². The quantitative estimate of drug-likeness (QED) is 0.0259. The van der Waals surface area contributed by atoms with Gasteiger partial charge in [-0.1, -0.05) is 237 Å². The number of carboxylic acid groups (broad SMARTS) is 1. The van der Waals surface area contributed by atoms with Crippen molar-refractivity contribution in [1.29, 1.82) is 0 Å². The van der Waals surface area contributed by atoms with Gasteiger partial charge in [-0.2, -0.15) is 0 Å². The number of unbranched alkanes of at least 4 members (excludes halogenated alkanes) is 34. The molecule has 0 saturated carbocycles. The molecular formula is C57H107NO7. The molecule has 0 aromatic carbocycles. The lowest BCUT2D eigenvalue weighted by Gasteiger charge is -2.34. The van der Waals surface area contributed by atoms with Gasteiger partial charge >= 0.3 is 11.9 Å². The van der Waals surface area contributed by atoms with Gasteiger partial charge in [-0.25, -0.2) is 0 Å². The molecule has 0 amide bonds. The third-order valence-electron chi connectivity index (χ3n) is 12.9. The van der Waals surface area contributed by atoms with Crippen LogP contribution < -0.4 is 5.11 Å². The predicted octanol–water partition coefficient (Wildman–Crippen LogP) is 15.0. The van der Waals surface area contributed by atoms with Crippen LogP contribution in [0.1, 0.15) is 271 Å². The third kappa shape index (κ3) is 46.7. The van der Waals surface area contributed by atoms with Crippen molar-refractivity contribution in [2.75, 3.05) is 41.0 Å². The lowest BCUT2D eigenvalue weighted by Crippen LogP contribution is -2.55. The Hall–Kier alpha value is -2.19. The monoisotopic (exact) mass is 918 g/mol. The molecule has 0 aliphatic rings. The molecular weight excluding hydrogens is 811 g/mol. The zero-order valence-corrected chi connectivity index (χ0v) is 43.7. The first-order valence-electron chi connectivity index (χ1n) is 27.9. The van der Waals surface area contributed by atoms with E-state index in [1.807, 2.05) is 21.1 Å². The molecule has 0 saturated heterocycles. The van der Waals surface area contributed by atoms with Gasteiger partial charge in [0.1, 0.15) is 12.6 Å². The van der Waals surface area contributed by atoms with Crippen molar-refractivity contribution >= 4 is 17.9 Å². The molecule has 0 radical (unpaired) electrons. The van der Waals surface area contributed by atoms with E-state index in [1.54, 1.807) is 0 Å². The number of hydrogen-bond donors (Lipinski definition) is 0. The average molecular weight is 918 g/mol. The zero-order chi connectivity index (χ0) is 47.7. The SMILES string of the molecule is CCCCC/C=C/C=C/CCCCCCCCCCCCC(=O)OCC(COCCC(C(=O)[O-])[N+](C)(C)C)OC(=O)CCCCCCCCCCCCCCCCCCCCCCCC. The zero-order valence-electron chi connectivity index (χ0n) is 43.7. The Balaban J connectivity index is 4.15. The van der Waals surface area contributed by atoms with E-state index in [2.05, 4.69) is 38.2 Å². The number of likely N-dealkylation sites (N-methyl/N-ethyl adjacent to an activating group) is 1. The number of quaternary nitrogens is 1. The Morgan fingerprint density at radius 1 is 0.462 bits per heavy atom. The smallest absolute Gasteiger partial charge is 0.306 e. The van der Waals surface area contributed by atoms with Crippen LogP contribution in [-0.2, 0) is 28.6 Å². The van der Waals surface area contributed by atoms with Gasteiger partial charge in [0.25, 0.3) is 0 Å². The first-order chi connectivity index (χ1) is 31.6. The maximum atomic E-state index is 12.8. The Morgan fingerprint density at radius 2 is 0.800 bits per heavy atom. The molecule has 0 N–H and O–H groups in total. The number of ether oxygens (including phenoxy) is 3. The van der Waals surface area contributed by atoms with Crippen molar-refractivity contribution in [1.82, 2.24) is 0 Å². The van der Waals surface area contributed by atoms with Crippen LogP contribution in [0.3, 0.4) is 0 Å². The minimum Gasteiger partial charge on any atom is -0.544 e. The summed E-state index contributed by atoms with van der Waals surface area (Å²) in [5, 5.41) is 11.7. The van der Waals surface area contributed by atoms with Crippen LogP contribution in [0.4, 0.5) is 0 Å². The molecule has 0 aromatic rings. The van der Waals surface area contributed by atoms with E-state index < -0.39 is 18.1 Å². The van der Waals surface area contributed by atoms with E-state index in [-0.39, 0.29) is 42.7 Å². The lowest BCUT2D eigenvalue weighted by molar-refractivity contribution is -0.889. The molecule has 0 bridgehead atoms. The highest BCUT2D eigenvalue weighted by Gasteiger charge is 2.25. The predicted molar refractivity (Wildman–Crippen MR) is 273 cm³/mol. The summed E-state index contributed by atoms with van der Waals surface area (Å²) >= 11 is 0. The number of allylic oxidation sites excluding steroid dienone is 4. The second-order valence-corrected chi connectivity index (χ2v) is 20.2. The molecule has 8 heteroatoms. The minimum absolute atomic E-state index is 0.0448. The summed E-state index contributed by atoms with van der Waals surface area (Å²) in [6.07, 6.45) is 56.4. The summed E-state index contributed by atoms with van der Waals surface area (Å²) in [6, 6.07) is -0.724. The van der Waals surface area contributed by atoms with Crippen molar-refractivity contribution in [2.45, 2.75) is 283 Å². The van der Waals surface area contributed by atoms with E-state index in [1.165, 1.54) is 199 Å². The number of carbonyl (C=O) groups is 3. The van der Waals surface area contributed by atoms with Crippen LogP contribution in [0.5, 0.6) is 0 Å². The normalized spacial score (nSPS) is 12.9. The summed E-state index contributed by atoms with van der Waals surface area (Å²) in [6.45, 7) is 4.69. The Kier molecular flexibility index (Phi) is 46.6. The molecule has 0 heterocycles. The number of nitrogens with zero attached hydrogens (tertiary/aromatic N) is 1. The molecule has 0 aliphatic heterocycles. The summed E-state index contributed by atoms with van der Waals surface area (Å²) in [5.41, 5.74) is 0. The van der Waals surface area contributed by atoms with Crippen molar-refractivity contribution in [2.24, 2.45) is 0 Å². The molecule has 2 atom stereocenters. The Bertz CT molecular complexity index is 1120. The van der Waals surface area contributed by atoms with Gasteiger partial charge in [0.2, 0.25) is 0 Å².